The van der Waals surface area contributed by atoms with Gasteiger partial charge in [0.2, 0.25) is 5.79 Å². The first-order valence-electron chi connectivity index (χ1n) is 26.2. The highest BCUT2D eigenvalue weighted by Gasteiger charge is 2.53. The summed E-state index contributed by atoms with van der Waals surface area (Å²) >= 11 is 0. The molecule has 5 rings (SSSR count). The van der Waals surface area contributed by atoms with E-state index in [9.17, 15) is 34.5 Å². The number of aryl methyl sites for hydroxylation is 1. The van der Waals surface area contributed by atoms with Crippen LogP contribution in [0.4, 0.5) is 5.69 Å². The Morgan fingerprint density at radius 1 is 0.843 bits per heavy atom. The summed E-state index contributed by atoms with van der Waals surface area (Å²) in [5.74, 6) is -6.13. The van der Waals surface area contributed by atoms with E-state index in [0.717, 1.165) is 29.7 Å². The molecule has 13 heteroatoms. The fraction of sp³-hybridized carbons (Fsp3) is 0.684. The van der Waals surface area contributed by atoms with Crippen molar-refractivity contribution in [3.63, 3.8) is 0 Å². The molecule has 4 N–H and O–H groups in total. The van der Waals surface area contributed by atoms with Gasteiger partial charge < -0.3 is 44.5 Å². The Hall–Kier alpha value is -3.98. The lowest BCUT2D eigenvalue weighted by molar-refractivity contribution is -0.263. The number of methoxy groups -OCH3 is 2. The van der Waals surface area contributed by atoms with Gasteiger partial charge in [-0.15, -0.1) is 0 Å². The summed E-state index contributed by atoms with van der Waals surface area (Å²) in [6.07, 6.45) is 15.1. The maximum Gasteiger partial charge on any atom is 0.329 e. The van der Waals surface area contributed by atoms with E-state index in [1.807, 2.05) is 76.3 Å². The molecule has 15 atom stereocenters. The average molecular weight is 975 g/mol. The summed E-state index contributed by atoms with van der Waals surface area (Å²) in [4.78, 5) is 58.5. The summed E-state index contributed by atoms with van der Waals surface area (Å²) in [7, 11) is 3.06. The van der Waals surface area contributed by atoms with E-state index in [1.165, 1.54) is 12.0 Å². The molecule has 2 saturated heterocycles. The molecule has 1 amide bonds. The fourth-order valence-corrected chi connectivity index (χ4v) is 11.2. The summed E-state index contributed by atoms with van der Waals surface area (Å²) in [6, 6.07) is 6.76. The lowest BCUT2D eigenvalue weighted by Crippen LogP contribution is -2.61. The van der Waals surface area contributed by atoms with E-state index in [1.54, 1.807) is 21.0 Å². The van der Waals surface area contributed by atoms with Crippen LogP contribution in [0.3, 0.4) is 0 Å². The predicted octanol–water partition coefficient (Wildman–Crippen LogP) is 8.78. The summed E-state index contributed by atoms with van der Waals surface area (Å²) < 4.78 is 24.1. The van der Waals surface area contributed by atoms with Gasteiger partial charge in [-0.3, -0.25) is 14.4 Å². The van der Waals surface area contributed by atoms with Crippen LogP contribution in [0.2, 0.25) is 0 Å². The second kappa shape index (κ2) is 26.6. The molecule has 0 spiro atoms. The van der Waals surface area contributed by atoms with Crippen LogP contribution >= 0.6 is 0 Å². The number of Topliss-reactive ketones (excluding diaryl/α,β-unsaturated/α-hetero) is 2. The zero-order valence-corrected chi connectivity index (χ0v) is 43.8. The minimum atomic E-state index is -2.40. The summed E-state index contributed by atoms with van der Waals surface area (Å²) in [5.41, 5.74) is 3.59. The number of ether oxygens (including phenoxy) is 4. The van der Waals surface area contributed by atoms with Crippen molar-refractivity contribution in [2.75, 3.05) is 26.1 Å². The van der Waals surface area contributed by atoms with Gasteiger partial charge in [0.1, 0.15) is 24.4 Å². The molecular weight excluding hydrogens is 889 g/mol. The Morgan fingerprint density at radius 3 is 2.31 bits per heavy atom. The molecule has 3 fully saturated rings. The highest BCUT2D eigenvalue weighted by atomic mass is 16.6. The number of aliphatic hydroxyl groups excluding tert-OH is 2. The molecule has 1 aromatic rings. The van der Waals surface area contributed by atoms with Crippen molar-refractivity contribution in [1.29, 1.82) is 0 Å². The van der Waals surface area contributed by atoms with E-state index < -0.39 is 65.9 Å². The van der Waals surface area contributed by atoms with Crippen LogP contribution in [0.25, 0.3) is 0 Å². The third-order valence-electron chi connectivity index (χ3n) is 15.6. The number of ketones is 2. The van der Waals surface area contributed by atoms with Crippen LogP contribution in [0.15, 0.2) is 71.9 Å². The first-order valence-corrected chi connectivity index (χ1v) is 26.2. The van der Waals surface area contributed by atoms with Crippen LogP contribution in [-0.4, -0.2) is 119 Å². The van der Waals surface area contributed by atoms with Gasteiger partial charge in [0, 0.05) is 44.3 Å². The van der Waals surface area contributed by atoms with E-state index in [0.29, 0.717) is 76.2 Å². The molecule has 0 unspecified atom stereocenters. The number of fused-ring (bicyclic) bond motifs is 3. The number of allylic oxidation sites excluding steroid dienone is 6. The molecule has 4 aliphatic rings. The van der Waals surface area contributed by atoms with E-state index in [4.69, 9.17) is 18.9 Å². The summed E-state index contributed by atoms with van der Waals surface area (Å²) in [6.45, 7) is 15.7. The number of cyclic esters (lactones) is 1. The highest BCUT2D eigenvalue weighted by Crippen LogP contribution is 2.38. The van der Waals surface area contributed by atoms with Gasteiger partial charge >= 0.3 is 5.97 Å². The first-order chi connectivity index (χ1) is 33.3. The number of hydrogen-bond acceptors (Lipinski definition) is 12. The van der Waals surface area contributed by atoms with Crippen molar-refractivity contribution < 1.29 is 53.4 Å². The number of carbonyl (C=O) groups excluding carboxylic acids is 4. The molecule has 13 nitrogen and oxygen atoms in total. The molecule has 1 aromatic carbocycles. The zero-order chi connectivity index (χ0) is 51.3. The van der Waals surface area contributed by atoms with Crippen molar-refractivity contribution >= 4 is 29.1 Å². The van der Waals surface area contributed by atoms with Gasteiger partial charge in [0.15, 0.2) is 5.78 Å². The number of esters is 1. The Bertz CT molecular complexity index is 2030. The Balaban J connectivity index is 1.48. The Morgan fingerprint density at radius 2 is 1.60 bits per heavy atom. The lowest BCUT2D eigenvalue weighted by atomic mass is 9.78. The number of anilines is 1. The van der Waals surface area contributed by atoms with E-state index in [2.05, 4.69) is 31.3 Å². The lowest BCUT2D eigenvalue weighted by Gasteiger charge is -2.43. The highest BCUT2D eigenvalue weighted by molar-refractivity contribution is 6.39. The molecule has 1 aliphatic carbocycles. The van der Waals surface area contributed by atoms with Gasteiger partial charge in [-0.25, -0.2) is 4.79 Å². The number of nitrogens with one attached hydrogen (secondary N) is 1. The number of carbonyl (C=O) groups is 4. The standard InChI is InChI=1S/C57H86N2O11/c1-35-17-12-11-13-19-38(4)46(58-44-20-16-18-36(2)31-44)34-45-25-23-42(8)57(66,70-45)54(63)55(64)59-28-15-14-21-47(59)56(65)69-49(39(5)32-43-24-26-48(60)50(33-43)67-9)27-22-37(3)30-41(7)52(62)53(68-10)51(61)40(6)29-35/h11-13,16-20,30-31,35,37,39-40,42-43,45-50,52-53,58,60,62,66H,14-15,21-29,32-34H2,1-10H3/b13-11+,17-12+,38-19+,41-30+/t35-,37+,39-,40-,42-,43-,45+,46+,47+,48-,49+,50-,52-,53+,57-/m1/s1. The molecule has 1 saturated carbocycles. The minimum Gasteiger partial charge on any atom is -0.461 e. The third kappa shape index (κ3) is 15.3. The normalized spacial score (nSPS) is 38.2. The predicted molar refractivity (Wildman–Crippen MR) is 273 cm³/mol. The van der Waals surface area contributed by atoms with Crippen molar-refractivity contribution in [2.24, 2.45) is 35.5 Å². The number of rotatable bonds is 7. The van der Waals surface area contributed by atoms with Gasteiger partial charge in [-0.05, 0) is 151 Å². The summed E-state index contributed by atoms with van der Waals surface area (Å²) in [5, 5.41) is 37.9. The first kappa shape index (κ1) is 56.9. The molecule has 2 bridgehead atoms. The van der Waals surface area contributed by atoms with Crippen molar-refractivity contribution in [1.82, 2.24) is 4.90 Å². The largest absolute Gasteiger partial charge is 0.461 e. The molecule has 3 heterocycles. The van der Waals surface area contributed by atoms with E-state index in [-0.39, 0.29) is 54.1 Å². The molecule has 0 radical (unpaired) electrons. The van der Waals surface area contributed by atoms with Gasteiger partial charge in [0.05, 0.1) is 18.3 Å². The van der Waals surface area contributed by atoms with Crippen LogP contribution < -0.4 is 5.32 Å². The Labute approximate surface area is 418 Å². The third-order valence-corrected chi connectivity index (χ3v) is 15.6. The molecule has 70 heavy (non-hydrogen) atoms. The van der Waals surface area contributed by atoms with Crippen molar-refractivity contribution in [2.45, 2.75) is 193 Å². The second-order valence-electron chi connectivity index (χ2n) is 21.5. The topological polar surface area (TPSA) is 181 Å². The van der Waals surface area contributed by atoms with Gasteiger partial charge in [-0.1, -0.05) is 88.8 Å². The molecule has 0 aromatic heterocycles. The zero-order valence-electron chi connectivity index (χ0n) is 43.8. The Kier molecular flexibility index (Phi) is 21.7. The second-order valence-corrected chi connectivity index (χ2v) is 21.5. The maximum absolute atomic E-state index is 14.5. The number of benzene rings is 1. The molecular formula is C57H86N2O11. The van der Waals surface area contributed by atoms with Crippen LogP contribution in [0, 0.1) is 42.4 Å². The van der Waals surface area contributed by atoms with Gasteiger partial charge in [-0.2, -0.15) is 0 Å². The monoisotopic (exact) mass is 975 g/mol. The SMILES string of the molecule is CO[C@@H]1C[C@@H](C[C@@H](C)[C@@H]2CC[C@H](C)/C=C(\C)[C@@H](O)[C@@H](OC)C(=O)[C@H](C)C[C@H](C)/C=C/C=C/C=C(\C)[C@@H](Nc3cccc(C)c3)C[C@@H]3CC[C@@H](C)[C@@](O)(O3)C(=O)C(=O)N3CCCC[C@H]3C(=O)O2)CC[C@H]1O. The van der Waals surface area contributed by atoms with Crippen molar-refractivity contribution in [3.8, 4) is 0 Å². The van der Waals surface area contributed by atoms with E-state index >= 15 is 0 Å². The van der Waals surface area contributed by atoms with Gasteiger partial charge in [0.25, 0.3) is 11.7 Å². The number of aliphatic hydroxyl groups is 3. The van der Waals surface area contributed by atoms with Crippen molar-refractivity contribution in [3.05, 3.63) is 77.4 Å². The quantitative estimate of drug-likeness (QED) is 0.116. The molecule has 390 valence electrons. The number of amides is 1. The van der Waals surface area contributed by atoms with Crippen LogP contribution in [0.1, 0.15) is 138 Å². The fourth-order valence-electron chi connectivity index (χ4n) is 11.2. The number of hydrogen-bond donors (Lipinski definition) is 4. The minimum absolute atomic E-state index is 0.0576. The molecule has 3 aliphatic heterocycles. The number of nitrogens with zero attached hydrogens (tertiary/aromatic N) is 1. The van der Waals surface area contributed by atoms with Crippen LogP contribution in [-0.2, 0) is 38.1 Å². The smallest absolute Gasteiger partial charge is 0.329 e. The maximum atomic E-state index is 14.5. The number of piperidine rings is 1. The average Bonchev–Trinajstić information content (AvgIpc) is 3.33. The van der Waals surface area contributed by atoms with Crippen LogP contribution in [0.5, 0.6) is 0 Å².